The SMILES string of the molecule is CO/N=C(\C(=O)N[C@@H]1C(=O)N2C(C(=O)O)=C(CN3C=CN4NC(SCCNC(C)=O)=CC=C34)CS[C@@H]12)c1csc(N)n1. The molecule has 0 radical (unpaired) electrons. The Hall–Kier alpha value is -4.16. The number of aliphatic carboxylic acids is 1. The van der Waals surface area contributed by atoms with Gasteiger partial charge in [0.2, 0.25) is 5.91 Å². The molecule has 222 valence electrons. The third kappa shape index (κ3) is 5.90. The molecule has 1 fully saturated rings. The van der Waals surface area contributed by atoms with Crippen LogP contribution in [0, 0.1) is 0 Å². The fourth-order valence-electron chi connectivity index (χ4n) is 4.53. The number of nitrogens with zero attached hydrogens (tertiary/aromatic N) is 5. The first kappa shape index (κ1) is 29.3. The van der Waals surface area contributed by atoms with Crippen molar-refractivity contribution in [3.8, 4) is 0 Å². The second-order valence-electron chi connectivity index (χ2n) is 9.11. The van der Waals surface area contributed by atoms with Gasteiger partial charge in [0.15, 0.2) is 10.8 Å². The summed E-state index contributed by atoms with van der Waals surface area (Å²) in [5, 5.41) is 23.1. The molecule has 2 atom stereocenters. The van der Waals surface area contributed by atoms with E-state index in [0.29, 0.717) is 23.6 Å². The van der Waals surface area contributed by atoms with E-state index in [4.69, 9.17) is 10.6 Å². The number of thiazole rings is 1. The molecule has 18 heteroatoms. The van der Waals surface area contributed by atoms with Gasteiger partial charge in [0.1, 0.15) is 35.7 Å². The van der Waals surface area contributed by atoms with Crippen molar-refractivity contribution in [2.24, 2.45) is 5.16 Å². The molecule has 1 saturated heterocycles. The first-order chi connectivity index (χ1) is 20.2. The molecule has 3 amide bonds. The Kier molecular flexibility index (Phi) is 8.64. The van der Waals surface area contributed by atoms with Gasteiger partial charge in [-0.05, 0) is 17.7 Å². The van der Waals surface area contributed by atoms with Gasteiger partial charge in [0, 0.05) is 49.3 Å². The van der Waals surface area contributed by atoms with Crippen molar-refractivity contribution in [3.63, 3.8) is 0 Å². The predicted molar refractivity (Wildman–Crippen MR) is 158 cm³/mol. The molecule has 5 heterocycles. The molecule has 4 aliphatic rings. The quantitative estimate of drug-likeness (QED) is 0.0945. The second-order valence-corrected chi connectivity index (χ2v) is 12.2. The Bertz CT molecular complexity index is 1470. The summed E-state index contributed by atoms with van der Waals surface area (Å²) in [5.41, 5.74) is 9.48. The number of amides is 3. The summed E-state index contributed by atoms with van der Waals surface area (Å²) in [6.07, 6.45) is 7.47. The third-order valence-corrected chi connectivity index (χ3v) is 9.30. The van der Waals surface area contributed by atoms with Gasteiger partial charge in [-0.25, -0.2) is 14.8 Å². The van der Waals surface area contributed by atoms with Crippen LogP contribution in [0.5, 0.6) is 0 Å². The second kappa shape index (κ2) is 12.4. The number of β-lactam (4-membered cyclic amide) rings is 1. The molecular weight excluding hydrogens is 607 g/mol. The van der Waals surface area contributed by atoms with E-state index < -0.39 is 29.2 Å². The molecule has 0 spiro atoms. The van der Waals surface area contributed by atoms with E-state index in [1.807, 2.05) is 34.5 Å². The Morgan fingerprint density at radius 3 is 2.83 bits per heavy atom. The summed E-state index contributed by atoms with van der Waals surface area (Å²) < 4.78 is 0. The van der Waals surface area contributed by atoms with Gasteiger partial charge < -0.3 is 31.2 Å². The summed E-state index contributed by atoms with van der Waals surface area (Å²) in [4.78, 5) is 61.5. The molecular formula is C24H27N9O6S3. The van der Waals surface area contributed by atoms with Crippen molar-refractivity contribution in [2.45, 2.75) is 18.3 Å². The largest absolute Gasteiger partial charge is 0.477 e. The van der Waals surface area contributed by atoms with Gasteiger partial charge in [-0.1, -0.05) is 5.16 Å². The predicted octanol–water partition coefficient (Wildman–Crippen LogP) is -0.0265. The Balaban J connectivity index is 1.26. The van der Waals surface area contributed by atoms with Crippen LogP contribution in [0.1, 0.15) is 12.6 Å². The number of aromatic nitrogens is 1. The van der Waals surface area contributed by atoms with Crippen LogP contribution >= 0.6 is 34.9 Å². The Labute approximate surface area is 252 Å². The van der Waals surface area contributed by atoms with Crippen molar-refractivity contribution >= 4 is 69.4 Å². The zero-order valence-electron chi connectivity index (χ0n) is 22.4. The molecule has 1 aromatic rings. The first-order valence-corrected chi connectivity index (χ1v) is 15.4. The van der Waals surface area contributed by atoms with E-state index in [0.717, 1.165) is 22.2 Å². The molecule has 0 saturated carbocycles. The standard InChI is InChI=1S/C24H27N9O6S3/c1-12(34)26-5-8-40-15-3-4-16-31(6-7-32(16)29-15)9-13-10-41-22-18(21(36)33(22)19(13)23(37)38)28-20(35)17(30-39-2)14-11-42-24(25)27-14/h3-4,6-7,11,18,22,29H,5,8-10H2,1-2H3,(H2,25,27)(H,26,34)(H,28,35)(H,37,38)/b30-17-/t18-,22+/m1/s1. The molecule has 1 aromatic heterocycles. The zero-order chi connectivity index (χ0) is 30.0. The summed E-state index contributed by atoms with van der Waals surface area (Å²) >= 11 is 4.05. The highest BCUT2D eigenvalue weighted by atomic mass is 32.2. The van der Waals surface area contributed by atoms with E-state index in [2.05, 4.69) is 26.2 Å². The minimum atomic E-state index is -1.22. The van der Waals surface area contributed by atoms with Crippen LogP contribution in [0.25, 0.3) is 0 Å². The normalized spacial score (nSPS) is 21.1. The van der Waals surface area contributed by atoms with Crippen LogP contribution in [0.2, 0.25) is 0 Å². The van der Waals surface area contributed by atoms with Crippen LogP contribution in [0.15, 0.2) is 57.2 Å². The highest BCUT2D eigenvalue weighted by Crippen LogP contribution is 2.41. The van der Waals surface area contributed by atoms with E-state index >= 15 is 0 Å². The lowest BCUT2D eigenvalue weighted by molar-refractivity contribution is -0.150. The van der Waals surface area contributed by atoms with E-state index in [1.54, 1.807) is 17.1 Å². The minimum Gasteiger partial charge on any atom is -0.477 e. The van der Waals surface area contributed by atoms with Crippen molar-refractivity contribution < 1.29 is 29.1 Å². The lowest BCUT2D eigenvalue weighted by Crippen LogP contribution is -2.71. The van der Waals surface area contributed by atoms with Crippen LogP contribution in [-0.2, 0) is 24.0 Å². The number of allylic oxidation sites excluding steroid dienone is 2. The maximum atomic E-state index is 13.2. The molecule has 42 heavy (non-hydrogen) atoms. The fourth-order valence-corrected chi connectivity index (χ4v) is 7.16. The molecule has 15 nitrogen and oxygen atoms in total. The number of carbonyl (C=O) groups excluding carboxylic acids is 3. The number of hydrogen-bond acceptors (Lipinski definition) is 14. The molecule has 0 unspecified atom stereocenters. The van der Waals surface area contributed by atoms with E-state index in [-0.39, 0.29) is 34.7 Å². The number of hydrazine groups is 1. The van der Waals surface area contributed by atoms with Crippen LogP contribution in [-0.4, -0.2) is 97.4 Å². The number of thioether (sulfide) groups is 2. The van der Waals surface area contributed by atoms with Gasteiger partial charge in [0.25, 0.3) is 11.8 Å². The van der Waals surface area contributed by atoms with Crippen molar-refractivity contribution in [2.75, 3.05) is 37.4 Å². The average molecular weight is 634 g/mol. The Morgan fingerprint density at radius 2 is 2.14 bits per heavy atom. The van der Waals surface area contributed by atoms with Gasteiger partial charge in [-0.15, -0.1) is 34.9 Å². The number of rotatable bonds is 11. The highest BCUT2D eigenvalue weighted by Gasteiger charge is 2.54. The van der Waals surface area contributed by atoms with Crippen molar-refractivity contribution in [1.82, 2.24) is 35.9 Å². The average Bonchev–Trinajstić information content (AvgIpc) is 3.57. The number of oxime groups is 1. The summed E-state index contributed by atoms with van der Waals surface area (Å²) in [6, 6.07) is -0.949. The van der Waals surface area contributed by atoms with Gasteiger partial charge >= 0.3 is 5.97 Å². The number of hydrogen-bond donors (Lipinski definition) is 5. The summed E-state index contributed by atoms with van der Waals surface area (Å²) in [6.45, 7) is 2.27. The van der Waals surface area contributed by atoms with Crippen LogP contribution in [0.4, 0.5) is 5.13 Å². The summed E-state index contributed by atoms with van der Waals surface area (Å²) in [7, 11) is 1.28. The number of nitrogens with two attached hydrogens (primary N) is 1. The first-order valence-electron chi connectivity index (χ1n) is 12.5. The van der Waals surface area contributed by atoms with Gasteiger partial charge in [-0.2, -0.15) is 0 Å². The number of nitrogen functional groups attached to an aromatic ring is 1. The number of carboxylic acid groups (broad SMARTS) is 1. The molecule has 0 aromatic carbocycles. The lowest BCUT2D eigenvalue weighted by atomic mass is 10.0. The number of carbonyl (C=O) groups is 4. The van der Waals surface area contributed by atoms with Crippen LogP contribution in [0.3, 0.4) is 0 Å². The Morgan fingerprint density at radius 1 is 1.33 bits per heavy atom. The highest BCUT2D eigenvalue weighted by molar-refractivity contribution is 8.03. The van der Waals surface area contributed by atoms with Crippen LogP contribution < -0.4 is 21.8 Å². The fraction of sp³-hybridized carbons (Fsp3) is 0.333. The molecule has 0 aliphatic carbocycles. The van der Waals surface area contributed by atoms with Crippen molar-refractivity contribution in [3.05, 3.63) is 57.7 Å². The number of anilines is 1. The number of fused-ring (bicyclic) bond motifs is 2. The maximum absolute atomic E-state index is 13.2. The van der Waals surface area contributed by atoms with E-state index in [1.165, 1.54) is 30.7 Å². The zero-order valence-corrected chi connectivity index (χ0v) is 24.8. The summed E-state index contributed by atoms with van der Waals surface area (Å²) in [5.74, 6) is -0.693. The van der Waals surface area contributed by atoms with Crippen molar-refractivity contribution in [1.29, 1.82) is 0 Å². The minimum absolute atomic E-state index is 0.0766. The molecule has 0 bridgehead atoms. The molecule has 5 rings (SSSR count). The molecule has 6 N–H and O–H groups in total. The smallest absolute Gasteiger partial charge is 0.352 e. The third-order valence-electron chi connectivity index (χ3n) is 6.34. The van der Waals surface area contributed by atoms with Gasteiger partial charge in [-0.3, -0.25) is 24.7 Å². The maximum Gasteiger partial charge on any atom is 0.352 e. The number of nitrogens with one attached hydrogen (secondary N) is 3. The number of carboxylic acids is 1. The topological polar surface area (TPSA) is 195 Å². The monoisotopic (exact) mass is 633 g/mol. The molecule has 4 aliphatic heterocycles. The van der Waals surface area contributed by atoms with E-state index in [9.17, 15) is 24.3 Å². The van der Waals surface area contributed by atoms with Gasteiger partial charge in [0.05, 0.1) is 5.03 Å². The lowest BCUT2D eigenvalue weighted by Gasteiger charge is -2.49.